The van der Waals surface area contributed by atoms with Crippen LogP contribution < -0.4 is 11.1 Å². The summed E-state index contributed by atoms with van der Waals surface area (Å²) in [6.07, 6.45) is 3.50. The third kappa shape index (κ3) is 3.60. The van der Waals surface area contributed by atoms with Crippen LogP contribution in [0.1, 0.15) is 46.4 Å². The van der Waals surface area contributed by atoms with Crippen LogP contribution in [0.4, 0.5) is 0 Å². The highest BCUT2D eigenvalue weighted by atomic mass is 35.5. The van der Waals surface area contributed by atoms with Gasteiger partial charge in [0.15, 0.2) is 0 Å². The van der Waals surface area contributed by atoms with Gasteiger partial charge in [0.2, 0.25) is 5.91 Å². The Bertz CT molecular complexity index is 615. The van der Waals surface area contributed by atoms with Crippen molar-refractivity contribution in [2.75, 3.05) is 13.1 Å². The molecule has 0 saturated heterocycles. The molecule has 0 aromatic heterocycles. The van der Waals surface area contributed by atoms with Crippen LogP contribution in [0.15, 0.2) is 24.3 Å². The lowest BCUT2D eigenvalue weighted by Crippen LogP contribution is -2.42. The van der Waals surface area contributed by atoms with E-state index in [2.05, 4.69) is 5.32 Å². The summed E-state index contributed by atoms with van der Waals surface area (Å²) in [7, 11) is 0. The standard InChI is InChI=1S/C17H21N3O3.ClH/c18-12-5-3-4-11(10-12)15(21)19-8-9-20-16(22)13-6-1-2-7-14(13)17(20)23;/h1-2,6-7,11-12H,3-5,8-10,18H2,(H,19,21);1H. The summed E-state index contributed by atoms with van der Waals surface area (Å²) in [4.78, 5) is 37.7. The van der Waals surface area contributed by atoms with E-state index >= 15 is 0 Å². The average molecular weight is 352 g/mol. The Morgan fingerprint density at radius 3 is 2.38 bits per heavy atom. The quantitative estimate of drug-likeness (QED) is 0.800. The van der Waals surface area contributed by atoms with Gasteiger partial charge in [-0.25, -0.2) is 0 Å². The van der Waals surface area contributed by atoms with Crippen molar-refractivity contribution >= 4 is 30.1 Å². The van der Waals surface area contributed by atoms with Crippen LogP contribution in [-0.2, 0) is 4.79 Å². The van der Waals surface area contributed by atoms with Gasteiger partial charge in [0.25, 0.3) is 11.8 Å². The van der Waals surface area contributed by atoms with Crippen LogP contribution in [0.5, 0.6) is 0 Å². The van der Waals surface area contributed by atoms with E-state index in [1.54, 1.807) is 24.3 Å². The van der Waals surface area contributed by atoms with Crippen LogP contribution in [-0.4, -0.2) is 41.8 Å². The number of amides is 3. The van der Waals surface area contributed by atoms with E-state index in [4.69, 9.17) is 5.73 Å². The zero-order chi connectivity index (χ0) is 16.4. The predicted molar refractivity (Wildman–Crippen MR) is 92.0 cm³/mol. The Labute approximate surface area is 147 Å². The summed E-state index contributed by atoms with van der Waals surface area (Å²) in [6, 6.07) is 6.87. The Kier molecular flexibility index (Phi) is 5.96. The maximum atomic E-state index is 12.2. The molecule has 2 atom stereocenters. The molecule has 1 aromatic rings. The molecule has 3 N–H and O–H groups in total. The highest BCUT2D eigenvalue weighted by Gasteiger charge is 2.34. The molecule has 24 heavy (non-hydrogen) atoms. The van der Waals surface area contributed by atoms with Gasteiger partial charge in [-0.2, -0.15) is 0 Å². The molecule has 6 nitrogen and oxygen atoms in total. The molecule has 2 unspecified atom stereocenters. The number of nitrogens with one attached hydrogen (secondary N) is 1. The number of carbonyl (C=O) groups is 3. The first-order valence-corrected chi connectivity index (χ1v) is 8.06. The predicted octanol–water partition coefficient (Wildman–Crippen LogP) is 1.34. The van der Waals surface area contributed by atoms with Crippen molar-refractivity contribution in [2.45, 2.75) is 31.7 Å². The fraction of sp³-hybridized carbons (Fsp3) is 0.471. The summed E-state index contributed by atoms with van der Waals surface area (Å²) in [6.45, 7) is 0.465. The summed E-state index contributed by atoms with van der Waals surface area (Å²) >= 11 is 0. The number of nitrogens with zero attached hydrogens (tertiary/aromatic N) is 1. The maximum Gasteiger partial charge on any atom is 0.261 e. The van der Waals surface area contributed by atoms with Crippen molar-refractivity contribution in [1.29, 1.82) is 0 Å². The first-order chi connectivity index (χ1) is 11.1. The Morgan fingerprint density at radius 2 is 1.79 bits per heavy atom. The molecule has 130 valence electrons. The molecule has 0 bridgehead atoms. The molecule has 1 fully saturated rings. The number of nitrogens with two attached hydrogens (primary N) is 1. The third-order valence-corrected chi connectivity index (χ3v) is 4.60. The van der Waals surface area contributed by atoms with Crippen LogP contribution in [0.2, 0.25) is 0 Å². The van der Waals surface area contributed by atoms with E-state index in [0.717, 1.165) is 19.3 Å². The number of hydrogen-bond acceptors (Lipinski definition) is 4. The molecule has 0 spiro atoms. The number of hydrogen-bond donors (Lipinski definition) is 2. The number of halogens is 1. The van der Waals surface area contributed by atoms with Gasteiger partial charge >= 0.3 is 0 Å². The lowest BCUT2D eigenvalue weighted by Gasteiger charge is -2.26. The lowest BCUT2D eigenvalue weighted by atomic mass is 9.85. The zero-order valence-corrected chi connectivity index (χ0v) is 14.2. The Hall–Kier alpha value is -1.92. The molecule has 1 aromatic carbocycles. The second-order valence-electron chi connectivity index (χ2n) is 6.22. The van der Waals surface area contributed by atoms with Crippen LogP contribution >= 0.6 is 12.4 Å². The second kappa shape index (κ2) is 7.77. The van der Waals surface area contributed by atoms with Gasteiger partial charge in [0.1, 0.15) is 0 Å². The maximum absolute atomic E-state index is 12.2. The van der Waals surface area contributed by atoms with Gasteiger partial charge in [0.05, 0.1) is 11.1 Å². The van der Waals surface area contributed by atoms with Crippen LogP contribution in [0.25, 0.3) is 0 Å². The minimum absolute atomic E-state index is 0. The molecule has 2 aliphatic rings. The fourth-order valence-corrected chi connectivity index (χ4v) is 3.34. The van der Waals surface area contributed by atoms with Crippen molar-refractivity contribution in [3.8, 4) is 0 Å². The average Bonchev–Trinajstić information content (AvgIpc) is 2.80. The van der Waals surface area contributed by atoms with Gasteiger partial charge in [-0.1, -0.05) is 18.6 Å². The van der Waals surface area contributed by atoms with Crippen molar-refractivity contribution < 1.29 is 14.4 Å². The van der Waals surface area contributed by atoms with Crippen LogP contribution in [0, 0.1) is 5.92 Å². The Morgan fingerprint density at radius 1 is 1.17 bits per heavy atom. The van der Waals surface area contributed by atoms with E-state index in [-0.39, 0.29) is 55.2 Å². The van der Waals surface area contributed by atoms with Crippen molar-refractivity contribution in [2.24, 2.45) is 11.7 Å². The first kappa shape index (κ1) is 18.4. The molecule has 3 amide bonds. The molecular formula is C17H22ClN3O3. The van der Waals surface area contributed by atoms with Gasteiger partial charge in [-0.15, -0.1) is 12.4 Å². The minimum atomic E-state index is -0.292. The zero-order valence-electron chi connectivity index (χ0n) is 13.4. The molecule has 1 saturated carbocycles. The molecule has 1 aliphatic heterocycles. The summed E-state index contributed by atoms with van der Waals surface area (Å²) in [5.41, 5.74) is 6.76. The Balaban J connectivity index is 0.00000208. The van der Waals surface area contributed by atoms with E-state index < -0.39 is 0 Å². The van der Waals surface area contributed by atoms with Gasteiger partial charge in [0, 0.05) is 25.0 Å². The van der Waals surface area contributed by atoms with Crippen LogP contribution in [0.3, 0.4) is 0 Å². The second-order valence-corrected chi connectivity index (χ2v) is 6.22. The van der Waals surface area contributed by atoms with Crippen molar-refractivity contribution in [3.63, 3.8) is 0 Å². The summed E-state index contributed by atoms with van der Waals surface area (Å²) in [5.74, 6) is -0.670. The van der Waals surface area contributed by atoms with Gasteiger partial charge < -0.3 is 11.1 Å². The monoisotopic (exact) mass is 351 g/mol. The smallest absolute Gasteiger partial charge is 0.261 e. The number of rotatable bonds is 4. The number of carbonyl (C=O) groups excluding carboxylic acids is 3. The largest absolute Gasteiger partial charge is 0.354 e. The number of imide groups is 1. The highest BCUT2D eigenvalue weighted by Crippen LogP contribution is 2.23. The first-order valence-electron chi connectivity index (χ1n) is 8.06. The van der Waals surface area contributed by atoms with E-state index in [1.807, 2.05) is 0 Å². The lowest BCUT2D eigenvalue weighted by molar-refractivity contribution is -0.126. The van der Waals surface area contributed by atoms with Crippen molar-refractivity contribution in [1.82, 2.24) is 10.2 Å². The van der Waals surface area contributed by atoms with E-state index in [9.17, 15) is 14.4 Å². The molecule has 3 rings (SSSR count). The summed E-state index contributed by atoms with van der Waals surface area (Å²) in [5, 5.41) is 2.83. The topological polar surface area (TPSA) is 92.5 Å². The van der Waals surface area contributed by atoms with E-state index in [0.29, 0.717) is 17.5 Å². The minimum Gasteiger partial charge on any atom is -0.354 e. The molecule has 7 heteroatoms. The molecule has 0 radical (unpaired) electrons. The van der Waals surface area contributed by atoms with Gasteiger partial charge in [-0.05, 0) is 31.4 Å². The van der Waals surface area contributed by atoms with E-state index in [1.165, 1.54) is 4.90 Å². The third-order valence-electron chi connectivity index (χ3n) is 4.60. The summed E-state index contributed by atoms with van der Waals surface area (Å²) < 4.78 is 0. The molecular weight excluding hydrogens is 330 g/mol. The molecule has 1 aliphatic carbocycles. The highest BCUT2D eigenvalue weighted by molar-refractivity contribution is 6.21. The molecule has 1 heterocycles. The van der Waals surface area contributed by atoms with Crippen molar-refractivity contribution in [3.05, 3.63) is 35.4 Å². The number of benzene rings is 1. The fourth-order valence-electron chi connectivity index (χ4n) is 3.34. The SMILES string of the molecule is Cl.NC1CCCC(C(=O)NCCN2C(=O)c3ccccc3C2=O)C1. The van der Waals surface area contributed by atoms with Gasteiger partial charge in [-0.3, -0.25) is 19.3 Å². The normalized spacial score (nSPS) is 22.8. The number of fused-ring (bicyclic) bond motifs is 1.